The largest absolute Gasteiger partial charge is 0.298 e. The van der Waals surface area contributed by atoms with Crippen LogP contribution in [0.15, 0.2) is 42.9 Å². The maximum Gasteiger partial charge on any atom is 0.131 e. The van der Waals surface area contributed by atoms with Crippen LogP contribution >= 0.6 is 11.6 Å². The van der Waals surface area contributed by atoms with Crippen molar-refractivity contribution in [2.45, 2.75) is 25.8 Å². The predicted octanol–water partition coefficient (Wildman–Crippen LogP) is 3.83. The molecule has 4 heterocycles. The fraction of sp³-hybridized carbons (Fsp3) is 0.350. The molecule has 1 aliphatic rings. The maximum atomic E-state index is 6.39. The molecule has 0 radical (unpaired) electrons. The van der Waals surface area contributed by atoms with Crippen molar-refractivity contribution in [3.05, 3.63) is 64.8 Å². The van der Waals surface area contributed by atoms with Crippen LogP contribution in [0, 0.1) is 6.92 Å². The van der Waals surface area contributed by atoms with Gasteiger partial charge in [0.05, 0.1) is 11.4 Å². The Morgan fingerprint density at radius 2 is 2.00 bits per heavy atom. The van der Waals surface area contributed by atoms with Gasteiger partial charge < -0.3 is 0 Å². The minimum Gasteiger partial charge on any atom is -0.298 e. The van der Waals surface area contributed by atoms with E-state index in [-0.39, 0.29) is 0 Å². The first-order valence-electron chi connectivity index (χ1n) is 8.88. The minimum absolute atomic E-state index is 0.523. The quantitative estimate of drug-likeness (QED) is 0.703. The molecule has 1 unspecified atom stereocenters. The first-order chi connectivity index (χ1) is 12.6. The minimum atomic E-state index is 0.523. The number of rotatable bonds is 4. The Hall–Kier alpha value is -2.24. The third-order valence-electron chi connectivity index (χ3n) is 5.16. The van der Waals surface area contributed by atoms with Gasteiger partial charge in [-0.2, -0.15) is 5.10 Å². The van der Waals surface area contributed by atoms with E-state index < -0.39 is 0 Å². The number of nitrogens with zero attached hydrogens (tertiary/aromatic N) is 5. The lowest BCUT2D eigenvalue weighted by Gasteiger charge is -2.16. The van der Waals surface area contributed by atoms with Gasteiger partial charge in [-0.05, 0) is 55.6 Å². The normalized spacial score (nSPS) is 17.7. The van der Waals surface area contributed by atoms with Gasteiger partial charge in [0.25, 0.3) is 0 Å². The van der Waals surface area contributed by atoms with Crippen LogP contribution in [-0.4, -0.2) is 37.7 Å². The molecule has 0 saturated carbocycles. The first kappa shape index (κ1) is 17.2. The molecule has 26 heavy (non-hydrogen) atoms. The van der Waals surface area contributed by atoms with Crippen LogP contribution in [0.5, 0.6) is 0 Å². The molecule has 0 aliphatic carbocycles. The highest BCUT2D eigenvalue weighted by Crippen LogP contribution is 2.31. The van der Waals surface area contributed by atoms with Crippen molar-refractivity contribution in [1.29, 1.82) is 0 Å². The van der Waals surface area contributed by atoms with Gasteiger partial charge in [0.1, 0.15) is 5.15 Å². The molecule has 6 heteroatoms. The Labute approximate surface area is 158 Å². The molecule has 0 bridgehead atoms. The third kappa shape index (κ3) is 3.37. The molecule has 4 rings (SSSR count). The first-order valence-corrected chi connectivity index (χ1v) is 9.26. The molecule has 3 aromatic heterocycles. The summed E-state index contributed by atoms with van der Waals surface area (Å²) in [5.41, 5.74) is 5.62. The molecular formula is C20H22ClN5. The summed E-state index contributed by atoms with van der Waals surface area (Å²) in [6, 6.07) is 8.35. The summed E-state index contributed by atoms with van der Waals surface area (Å²) in [4.78, 5) is 11.1. The number of hydrogen-bond donors (Lipinski definition) is 0. The van der Waals surface area contributed by atoms with Crippen LogP contribution < -0.4 is 0 Å². The van der Waals surface area contributed by atoms with Gasteiger partial charge >= 0.3 is 0 Å². The van der Waals surface area contributed by atoms with Gasteiger partial charge in [0.15, 0.2) is 0 Å². The van der Waals surface area contributed by atoms with E-state index in [4.69, 9.17) is 11.6 Å². The van der Waals surface area contributed by atoms with E-state index in [0.717, 1.165) is 53.7 Å². The van der Waals surface area contributed by atoms with Crippen LogP contribution in [0.25, 0.3) is 11.3 Å². The Morgan fingerprint density at radius 1 is 1.19 bits per heavy atom. The zero-order valence-corrected chi connectivity index (χ0v) is 15.8. The summed E-state index contributed by atoms with van der Waals surface area (Å²) in [5.74, 6) is 0.523. The monoisotopic (exact) mass is 367 g/mol. The average molecular weight is 368 g/mol. The molecule has 1 saturated heterocycles. The van der Waals surface area contributed by atoms with Gasteiger partial charge in [-0.1, -0.05) is 11.6 Å². The van der Waals surface area contributed by atoms with E-state index >= 15 is 0 Å². The summed E-state index contributed by atoms with van der Waals surface area (Å²) in [7, 11) is 1.89. The van der Waals surface area contributed by atoms with Crippen molar-refractivity contribution in [3.8, 4) is 11.3 Å². The molecule has 1 aliphatic heterocycles. The Morgan fingerprint density at radius 3 is 2.73 bits per heavy atom. The summed E-state index contributed by atoms with van der Waals surface area (Å²) in [5, 5.41) is 5.16. The molecule has 5 nitrogen and oxygen atoms in total. The van der Waals surface area contributed by atoms with Gasteiger partial charge in [-0.3, -0.25) is 19.5 Å². The van der Waals surface area contributed by atoms with Crippen molar-refractivity contribution < 1.29 is 0 Å². The van der Waals surface area contributed by atoms with Crippen molar-refractivity contribution in [2.75, 3.05) is 13.1 Å². The number of aryl methyl sites for hydroxylation is 2. The topological polar surface area (TPSA) is 46.8 Å². The number of likely N-dealkylation sites (tertiary alicyclic amines) is 1. The van der Waals surface area contributed by atoms with Crippen LogP contribution in [-0.2, 0) is 13.6 Å². The highest BCUT2D eigenvalue weighted by atomic mass is 35.5. The van der Waals surface area contributed by atoms with Gasteiger partial charge in [0.2, 0.25) is 0 Å². The SMILES string of the molecule is Cc1nn(C)c(Cl)c1CN1CCC(c2ccnc(-c3ccncc3)c2)C1. The second kappa shape index (κ2) is 7.17. The van der Waals surface area contributed by atoms with E-state index in [1.165, 1.54) is 5.56 Å². The van der Waals surface area contributed by atoms with Crippen LogP contribution in [0.2, 0.25) is 5.15 Å². The van der Waals surface area contributed by atoms with E-state index in [0.29, 0.717) is 5.92 Å². The van der Waals surface area contributed by atoms with Crippen LogP contribution in [0.4, 0.5) is 0 Å². The molecular weight excluding hydrogens is 346 g/mol. The molecule has 1 fully saturated rings. The van der Waals surface area contributed by atoms with Crippen molar-refractivity contribution in [2.24, 2.45) is 7.05 Å². The van der Waals surface area contributed by atoms with Gasteiger partial charge in [-0.25, -0.2) is 0 Å². The van der Waals surface area contributed by atoms with Crippen LogP contribution in [0.1, 0.15) is 29.2 Å². The molecule has 134 valence electrons. The standard InChI is InChI=1S/C20H22ClN5/c1-14-18(20(21)25(2)24-14)13-26-10-6-17(12-26)16-5-9-23-19(11-16)15-3-7-22-8-4-15/h3-5,7-9,11,17H,6,10,12-13H2,1-2H3. The Balaban J connectivity index is 1.49. The predicted molar refractivity (Wildman–Crippen MR) is 103 cm³/mol. The average Bonchev–Trinajstić information content (AvgIpc) is 3.23. The number of hydrogen-bond acceptors (Lipinski definition) is 4. The van der Waals surface area contributed by atoms with Gasteiger partial charge in [0, 0.05) is 49.9 Å². The fourth-order valence-corrected chi connectivity index (χ4v) is 3.94. The molecule has 0 amide bonds. The molecule has 0 aromatic carbocycles. The maximum absolute atomic E-state index is 6.39. The summed E-state index contributed by atoms with van der Waals surface area (Å²) >= 11 is 6.39. The lowest BCUT2D eigenvalue weighted by Crippen LogP contribution is -2.20. The highest BCUT2D eigenvalue weighted by Gasteiger charge is 2.26. The zero-order chi connectivity index (χ0) is 18.1. The second-order valence-corrected chi connectivity index (χ2v) is 7.27. The fourth-order valence-electron chi connectivity index (χ4n) is 3.71. The molecule has 0 N–H and O–H groups in total. The molecule has 3 aromatic rings. The smallest absolute Gasteiger partial charge is 0.131 e. The summed E-state index contributed by atoms with van der Waals surface area (Å²) in [6.45, 7) is 4.99. The summed E-state index contributed by atoms with van der Waals surface area (Å²) in [6.07, 6.45) is 6.68. The number of aromatic nitrogens is 4. The number of pyridine rings is 2. The highest BCUT2D eigenvalue weighted by molar-refractivity contribution is 6.30. The van der Waals surface area contributed by atoms with E-state index in [2.05, 4.69) is 32.1 Å². The van der Waals surface area contributed by atoms with E-state index in [9.17, 15) is 0 Å². The van der Waals surface area contributed by atoms with Crippen LogP contribution in [0.3, 0.4) is 0 Å². The lowest BCUT2D eigenvalue weighted by atomic mass is 9.97. The van der Waals surface area contributed by atoms with E-state index in [1.54, 1.807) is 17.1 Å². The second-order valence-electron chi connectivity index (χ2n) is 6.91. The Kier molecular flexibility index (Phi) is 4.74. The summed E-state index contributed by atoms with van der Waals surface area (Å²) < 4.78 is 1.75. The lowest BCUT2D eigenvalue weighted by molar-refractivity contribution is 0.326. The molecule has 1 atom stereocenters. The van der Waals surface area contributed by atoms with E-state index in [1.807, 2.05) is 32.3 Å². The van der Waals surface area contributed by atoms with Gasteiger partial charge in [-0.15, -0.1) is 0 Å². The third-order valence-corrected chi connectivity index (χ3v) is 5.63. The molecule has 0 spiro atoms. The zero-order valence-electron chi connectivity index (χ0n) is 15.1. The van der Waals surface area contributed by atoms with Crippen molar-refractivity contribution >= 4 is 11.6 Å². The van der Waals surface area contributed by atoms with Crippen molar-refractivity contribution in [1.82, 2.24) is 24.6 Å². The Bertz CT molecular complexity index is 906. The number of halogens is 1. The van der Waals surface area contributed by atoms with Crippen molar-refractivity contribution in [3.63, 3.8) is 0 Å².